The fourth-order valence-corrected chi connectivity index (χ4v) is 5.33. The molecule has 2 heterocycles. The fraction of sp³-hybridized carbons (Fsp3) is 0.241. The van der Waals surface area contributed by atoms with Crippen molar-refractivity contribution in [3.63, 3.8) is 0 Å². The van der Waals surface area contributed by atoms with Gasteiger partial charge < -0.3 is 9.47 Å². The number of likely N-dealkylation sites (tertiary alicyclic amines) is 1. The van der Waals surface area contributed by atoms with Crippen LogP contribution >= 0.6 is 11.6 Å². The zero-order valence-electron chi connectivity index (χ0n) is 19.3. The third-order valence-electron chi connectivity index (χ3n) is 6.82. The molecule has 1 aliphatic rings. The molecular weight excluding hydrogens is 461 g/mol. The molecule has 3 aromatic carbocycles. The highest BCUT2D eigenvalue weighted by Gasteiger charge is 2.28. The molecule has 0 saturated carbocycles. The first kappa shape index (κ1) is 23.1. The number of aromatic nitrogens is 1. The van der Waals surface area contributed by atoms with Gasteiger partial charge in [0.2, 0.25) is 5.91 Å². The van der Waals surface area contributed by atoms with Crippen molar-refractivity contribution in [1.29, 1.82) is 5.26 Å². The smallest absolute Gasteiger partial charge is 0.223 e. The Hall–Kier alpha value is -3.62. The number of hydrogen-bond donors (Lipinski definition) is 0. The lowest BCUT2D eigenvalue weighted by Gasteiger charge is -2.22. The van der Waals surface area contributed by atoms with E-state index in [2.05, 4.69) is 29.0 Å². The second kappa shape index (κ2) is 9.93. The molecule has 0 unspecified atom stereocenters. The predicted octanol–water partition coefficient (Wildman–Crippen LogP) is 6.50. The van der Waals surface area contributed by atoms with Crippen molar-refractivity contribution in [2.45, 2.75) is 31.7 Å². The summed E-state index contributed by atoms with van der Waals surface area (Å²) in [5, 5.41) is 11.0. The Kier molecular flexibility index (Phi) is 6.57. The highest BCUT2D eigenvalue weighted by atomic mass is 35.5. The predicted molar refractivity (Wildman–Crippen MR) is 136 cm³/mol. The summed E-state index contributed by atoms with van der Waals surface area (Å²) < 4.78 is 15.6. The fourth-order valence-electron chi connectivity index (χ4n) is 5.03. The molecule has 0 radical (unpaired) electrons. The molecule has 35 heavy (non-hydrogen) atoms. The summed E-state index contributed by atoms with van der Waals surface area (Å²) in [5.41, 5.74) is 4.18. The van der Waals surface area contributed by atoms with E-state index in [0.29, 0.717) is 17.1 Å². The standard InChI is InChI=1S/C29H25ClFN3O/c30-29-21(17-32)6-5-8-24(29)25(16-28(35)33-14-3-4-15-33)26-19-34(27-9-2-1-7-23(26)27)18-20-10-12-22(31)13-11-20/h1-2,5-13,19,25H,3-4,14-16,18H2/t25-/m0/s1. The van der Waals surface area contributed by atoms with Crippen molar-refractivity contribution in [1.82, 2.24) is 9.47 Å². The van der Waals surface area contributed by atoms with E-state index in [4.69, 9.17) is 11.6 Å². The molecular formula is C29H25ClFN3O. The van der Waals surface area contributed by atoms with Gasteiger partial charge in [-0.15, -0.1) is 0 Å². The topological polar surface area (TPSA) is 49.0 Å². The summed E-state index contributed by atoms with van der Waals surface area (Å²) in [7, 11) is 0. The minimum atomic E-state index is -0.303. The SMILES string of the molecule is N#Cc1cccc([C@H](CC(=O)N2CCCC2)c2cn(Cc3ccc(F)cc3)c3ccccc23)c1Cl. The first-order valence-corrected chi connectivity index (χ1v) is 12.2. The van der Waals surface area contributed by atoms with Gasteiger partial charge in [0.1, 0.15) is 11.9 Å². The zero-order valence-corrected chi connectivity index (χ0v) is 20.0. The van der Waals surface area contributed by atoms with Crippen molar-refractivity contribution in [2.24, 2.45) is 0 Å². The van der Waals surface area contributed by atoms with E-state index < -0.39 is 0 Å². The number of benzene rings is 3. The second-order valence-corrected chi connectivity index (χ2v) is 9.40. The van der Waals surface area contributed by atoms with Crippen LogP contribution in [0.1, 0.15) is 47.4 Å². The van der Waals surface area contributed by atoms with E-state index in [9.17, 15) is 14.4 Å². The number of halogens is 2. The van der Waals surface area contributed by atoms with Crippen molar-refractivity contribution >= 4 is 28.4 Å². The van der Waals surface area contributed by atoms with Gasteiger partial charge in [-0.3, -0.25) is 4.79 Å². The third kappa shape index (κ3) is 4.67. The number of carbonyl (C=O) groups is 1. The van der Waals surface area contributed by atoms with Crippen LogP contribution in [0, 0.1) is 17.1 Å². The monoisotopic (exact) mass is 485 g/mol. The van der Waals surface area contributed by atoms with Gasteiger partial charge in [-0.25, -0.2) is 4.39 Å². The quantitative estimate of drug-likeness (QED) is 0.313. The lowest BCUT2D eigenvalue weighted by Crippen LogP contribution is -2.29. The molecule has 1 fully saturated rings. The van der Waals surface area contributed by atoms with E-state index in [-0.39, 0.29) is 24.1 Å². The Balaban J connectivity index is 1.62. The number of amides is 1. The minimum Gasteiger partial charge on any atom is -0.343 e. The molecule has 1 saturated heterocycles. The number of hydrogen-bond acceptors (Lipinski definition) is 2. The van der Waals surface area contributed by atoms with Gasteiger partial charge in [0.25, 0.3) is 0 Å². The number of rotatable bonds is 6. The van der Waals surface area contributed by atoms with Crippen LogP contribution in [0.25, 0.3) is 10.9 Å². The molecule has 0 bridgehead atoms. The van der Waals surface area contributed by atoms with Gasteiger partial charge in [0, 0.05) is 49.1 Å². The van der Waals surface area contributed by atoms with Gasteiger partial charge >= 0.3 is 0 Å². The normalized spacial score (nSPS) is 14.3. The molecule has 0 aliphatic carbocycles. The Morgan fingerprint density at radius 1 is 1.00 bits per heavy atom. The molecule has 5 rings (SSSR count). The van der Waals surface area contributed by atoms with E-state index in [1.165, 1.54) is 12.1 Å². The first-order valence-electron chi connectivity index (χ1n) is 11.8. The molecule has 0 spiro atoms. The molecule has 1 aliphatic heterocycles. The lowest BCUT2D eigenvalue weighted by atomic mass is 9.87. The highest BCUT2D eigenvalue weighted by molar-refractivity contribution is 6.32. The van der Waals surface area contributed by atoms with Crippen molar-refractivity contribution in [3.8, 4) is 6.07 Å². The number of fused-ring (bicyclic) bond motifs is 1. The van der Waals surface area contributed by atoms with E-state index in [1.807, 2.05) is 29.2 Å². The van der Waals surface area contributed by atoms with Gasteiger partial charge in [-0.2, -0.15) is 5.26 Å². The van der Waals surface area contributed by atoms with Gasteiger partial charge in [0.15, 0.2) is 0 Å². The lowest BCUT2D eigenvalue weighted by molar-refractivity contribution is -0.130. The van der Waals surface area contributed by atoms with Crippen molar-refractivity contribution in [2.75, 3.05) is 13.1 Å². The number of para-hydroxylation sites is 1. The Morgan fingerprint density at radius 2 is 1.74 bits per heavy atom. The van der Waals surface area contributed by atoms with Gasteiger partial charge in [-0.05, 0) is 53.8 Å². The molecule has 1 aromatic heterocycles. The average Bonchev–Trinajstić information content (AvgIpc) is 3.54. The van der Waals surface area contributed by atoms with Crippen LogP contribution in [-0.4, -0.2) is 28.5 Å². The molecule has 4 nitrogen and oxygen atoms in total. The Labute approximate surface area is 209 Å². The maximum absolute atomic E-state index is 13.4. The van der Waals surface area contributed by atoms with Crippen LogP contribution in [0.3, 0.4) is 0 Å². The highest BCUT2D eigenvalue weighted by Crippen LogP contribution is 2.39. The minimum absolute atomic E-state index is 0.0984. The van der Waals surface area contributed by atoms with Gasteiger partial charge in [-0.1, -0.05) is 54.1 Å². The summed E-state index contributed by atoms with van der Waals surface area (Å²) in [4.78, 5) is 15.2. The first-order chi connectivity index (χ1) is 17.0. The third-order valence-corrected chi connectivity index (χ3v) is 7.24. The molecule has 4 aromatic rings. The van der Waals surface area contributed by atoms with Crippen molar-refractivity contribution < 1.29 is 9.18 Å². The van der Waals surface area contributed by atoms with Gasteiger partial charge in [0.05, 0.1) is 10.6 Å². The Bertz CT molecular complexity index is 1410. The van der Waals surface area contributed by atoms with Crippen LogP contribution in [0.4, 0.5) is 4.39 Å². The number of carbonyl (C=O) groups excluding carboxylic acids is 1. The summed E-state index contributed by atoms with van der Waals surface area (Å²) in [5.74, 6) is -0.469. The number of nitriles is 1. The van der Waals surface area contributed by atoms with E-state index in [1.54, 1.807) is 18.2 Å². The van der Waals surface area contributed by atoms with Crippen LogP contribution in [0.15, 0.2) is 72.9 Å². The van der Waals surface area contributed by atoms with Crippen LogP contribution in [0.2, 0.25) is 5.02 Å². The summed E-state index contributed by atoms with van der Waals surface area (Å²) in [6.07, 6.45) is 4.40. The second-order valence-electron chi connectivity index (χ2n) is 9.02. The van der Waals surface area contributed by atoms with Crippen molar-refractivity contribution in [3.05, 3.63) is 106 Å². The summed E-state index contributed by atoms with van der Waals surface area (Å²) >= 11 is 6.71. The van der Waals surface area contributed by atoms with Crippen LogP contribution in [0.5, 0.6) is 0 Å². The molecule has 1 amide bonds. The molecule has 0 N–H and O–H groups in total. The van der Waals surface area contributed by atoms with Crippen LogP contribution in [-0.2, 0) is 11.3 Å². The number of nitrogens with zero attached hydrogens (tertiary/aromatic N) is 3. The summed E-state index contributed by atoms with van der Waals surface area (Å²) in [6, 6.07) is 22.2. The summed E-state index contributed by atoms with van der Waals surface area (Å²) in [6.45, 7) is 2.13. The largest absolute Gasteiger partial charge is 0.343 e. The molecule has 176 valence electrons. The Morgan fingerprint density at radius 3 is 2.49 bits per heavy atom. The zero-order chi connectivity index (χ0) is 24.4. The van der Waals surface area contributed by atoms with E-state index >= 15 is 0 Å². The maximum Gasteiger partial charge on any atom is 0.223 e. The molecule has 6 heteroatoms. The van der Waals surface area contributed by atoms with Crippen LogP contribution < -0.4 is 0 Å². The molecule has 1 atom stereocenters. The average molecular weight is 486 g/mol. The van der Waals surface area contributed by atoms with E-state index in [0.717, 1.165) is 53.5 Å². The maximum atomic E-state index is 13.4.